The molecule has 9 heteroatoms. The molecule has 184 valence electrons. The second kappa shape index (κ2) is 10.3. The van der Waals surface area contributed by atoms with Crippen molar-refractivity contribution in [2.45, 2.75) is 50.9 Å². The van der Waals surface area contributed by atoms with Crippen LogP contribution in [-0.2, 0) is 27.2 Å². The number of imide groups is 1. The first-order valence-corrected chi connectivity index (χ1v) is 14.0. The van der Waals surface area contributed by atoms with Crippen LogP contribution in [0, 0.1) is 11.8 Å². The van der Waals surface area contributed by atoms with Gasteiger partial charge < -0.3 is 4.90 Å². The number of amides is 3. The number of hydrogen-bond donors (Lipinski definition) is 1. The fourth-order valence-electron chi connectivity index (χ4n) is 5.89. The van der Waals surface area contributed by atoms with E-state index in [1.807, 2.05) is 17.2 Å². The van der Waals surface area contributed by atoms with Gasteiger partial charge in [0.25, 0.3) is 0 Å². The summed E-state index contributed by atoms with van der Waals surface area (Å²) in [5.41, 5.74) is 4.88. The lowest BCUT2D eigenvalue weighted by molar-refractivity contribution is -0.137. The van der Waals surface area contributed by atoms with Crippen molar-refractivity contribution in [3.8, 4) is 0 Å². The highest BCUT2D eigenvalue weighted by Crippen LogP contribution is 2.46. The Morgan fingerprint density at radius 3 is 2.46 bits per heavy atom. The fraction of sp³-hybridized carbons (Fsp3) is 0.462. The van der Waals surface area contributed by atoms with E-state index < -0.39 is 0 Å². The Hall–Kier alpha value is -1.77. The topological polar surface area (TPSA) is 79.4 Å². The first-order chi connectivity index (χ1) is 16.8. The van der Waals surface area contributed by atoms with Gasteiger partial charge in [0, 0.05) is 58.4 Å². The third-order valence-electron chi connectivity index (χ3n) is 7.47. The maximum absolute atomic E-state index is 13.0. The molecule has 1 atom stereocenters. The minimum absolute atomic E-state index is 0.0348. The molecular weight excluding hydrogens is 598 g/mol. The molecule has 1 aromatic carbocycles. The van der Waals surface area contributed by atoms with Crippen LogP contribution in [0.4, 0.5) is 0 Å². The Balaban J connectivity index is 1.36. The summed E-state index contributed by atoms with van der Waals surface area (Å²) in [6.07, 6.45) is 6.14. The van der Waals surface area contributed by atoms with Gasteiger partial charge >= 0.3 is 0 Å². The zero-order valence-corrected chi connectivity index (χ0v) is 23.1. The summed E-state index contributed by atoms with van der Waals surface area (Å²) in [4.78, 5) is 43.1. The molecular formula is C26H26Br2ClN3O3. The van der Waals surface area contributed by atoms with Gasteiger partial charge in [-0.2, -0.15) is 0 Å². The number of carbonyl (C=O) groups is 3. The molecule has 2 aliphatic heterocycles. The van der Waals surface area contributed by atoms with E-state index in [0.29, 0.717) is 19.0 Å². The Morgan fingerprint density at radius 2 is 1.74 bits per heavy atom. The number of aromatic nitrogens is 1. The molecule has 6 nitrogen and oxygen atoms in total. The minimum atomic E-state index is -0.284. The third kappa shape index (κ3) is 5.35. The van der Waals surface area contributed by atoms with Crippen molar-refractivity contribution in [3.05, 3.63) is 60.7 Å². The van der Waals surface area contributed by atoms with Crippen LogP contribution >= 0.6 is 43.5 Å². The molecule has 3 amide bonds. The van der Waals surface area contributed by atoms with Crippen LogP contribution in [0.1, 0.15) is 60.4 Å². The summed E-state index contributed by atoms with van der Waals surface area (Å²) in [5, 5.41) is 3.04. The highest BCUT2D eigenvalue weighted by molar-refractivity contribution is 9.10. The lowest BCUT2D eigenvalue weighted by Gasteiger charge is -2.37. The number of aryl methyl sites for hydroxylation is 2. The van der Waals surface area contributed by atoms with E-state index in [9.17, 15) is 14.4 Å². The molecule has 1 aliphatic carbocycles. The van der Waals surface area contributed by atoms with Gasteiger partial charge in [-0.05, 0) is 88.3 Å². The Bertz CT molecular complexity index is 1180. The standard InChI is InChI=1S/C26H26Br2ClN3O3/c27-18-10-17-2-1-16-11-19(29)12-20(28)24(16)25(26(17)30-13-18)15-3-5-32(6-4-15)23(35)9-14-7-21(33)31-22(34)8-14/h10-15,25H,1-9H2,(H,31,33,34)/t25-/m1/s1. The highest BCUT2D eigenvalue weighted by Gasteiger charge is 2.37. The van der Waals surface area contributed by atoms with Gasteiger partial charge in [0.1, 0.15) is 0 Å². The number of nitrogens with zero attached hydrogens (tertiary/aromatic N) is 2. The van der Waals surface area contributed by atoms with Crippen LogP contribution in [-0.4, -0.2) is 40.7 Å². The molecule has 2 aromatic rings. The molecule has 0 radical (unpaired) electrons. The number of nitrogens with one attached hydrogen (secondary N) is 1. The van der Waals surface area contributed by atoms with Crippen molar-refractivity contribution in [3.63, 3.8) is 0 Å². The smallest absolute Gasteiger partial charge is 0.226 e. The lowest BCUT2D eigenvalue weighted by Crippen LogP contribution is -2.43. The van der Waals surface area contributed by atoms with E-state index in [4.69, 9.17) is 16.6 Å². The number of likely N-dealkylation sites (tertiary alicyclic amines) is 1. The van der Waals surface area contributed by atoms with Crippen molar-refractivity contribution in [2.24, 2.45) is 11.8 Å². The number of fused-ring (bicyclic) bond motifs is 2. The zero-order valence-electron chi connectivity index (χ0n) is 19.2. The number of carbonyl (C=O) groups excluding carboxylic acids is 3. The summed E-state index contributed by atoms with van der Waals surface area (Å²) in [7, 11) is 0. The van der Waals surface area contributed by atoms with Crippen LogP contribution in [0.2, 0.25) is 5.02 Å². The molecule has 0 saturated carbocycles. The summed E-state index contributed by atoms with van der Waals surface area (Å²) >= 11 is 13.8. The van der Waals surface area contributed by atoms with Gasteiger partial charge in [-0.1, -0.05) is 27.5 Å². The SMILES string of the molecule is O=C1CC(CC(=O)N2CCC([C@H]3c4ncc(Br)cc4CCc4cc(Cl)cc(Br)c43)CC2)CC(=O)N1. The molecule has 0 bridgehead atoms. The predicted octanol–water partition coefficient (Wildman–Crippen LogP) is 5.17. The van der Waals surface area contributed by atoms with E-state index in [0.717, 1.165) is 45.3 Å². The second-order valence-corrected chi connectivity index (χ2v) is 12.0. The quantitative estimate of drug-likeness (QED) is 0.479. The van der Waals surface area contributed by atoms with Gasteiger partial charge in [0.05, 0.1) is 5.69 Å². The zero-order chi connectivity index (χ0) is 24.7. The van der Waals surface area contributed by atoms with E-state index >= 15 is 0 Å². The lowest BCUT2D eigenvalue weighted by atomic mass is 9.76. The molecule has 3 aliphatic rings. The Labute approximate surface area is 226 Å². The first-order valence-electron chi connectivity index (χ1n) is 12.0. The molecule has 1 aromatic heterocycles. The monoisotopic (exact) mass is 621 g/mol. The molecule has 35 heavy (non-hydrogen) atoms. The summed E-state index contributed by atoms with van der Waals surface area (Å²) in [6, 6.07) is 6.23. The number of rotatable bonds is 3. The fourth-order valence-corrected chi connectivity index (χ4v) is 7.39. The number of piperidine rings is 2. The number of halogens is 3. The van der Waals surface area contributed by atoms with Crippen LogP contribution in [0.5, 0.6) is 0 Å². The van der Waals surface area contributed by atoms with Gasteiger partial charge in [-0.15, -0.1) is 0 Å². The Morgan fingerprint density at radius 1 is 1.06 bits per heavy atom. The Kier molecular flexibility index (Phi) is 7.33. The van der Waals surface area contributed by atoms with Crippen LogP contribution in [0.25, 0.3) is 0 Å². The molecule has 0 unspecified atom stereocenters. The summed E-state index contributed by atoms with van der Waals surface area (Å²) in [6.45, 7) is 1.33. The minimum Gasteiger partial charge on any atom is -0.343 e. The van der Waals surface area contributed by atoms with Gasteiger partial charge in [-0.25, -0.2) is 0 Å². The first kappa shape index (κ1) is 24.9. The molecule has 3 heterocycles. The van der Waals surface area contributed by atoms with E-state index in [1.165, 1.54) is 16.7 Å². The van der Waals surface area contributed by atoms with Crippen molar-refractivity contribution in [1.29, 1.82) is 0 Å². The molecule has 2 fully saturated rings. The van der Waals surface area contributed by atoms with Crippen molar-refractivity contribution in [2.75, 3.05) is 13.1 Å². The number of pyridine rings is 1. The van der Waals surface area contributed by atoms with Crippen LogP contribution < -0.4 is 5.32 Å². The van der Waals surface area contributed by atoms with E-state index in [-0.39, 0.29) is 48.8 Å². The van der Waals surface area contributed by atoms with Gasteiger partial charge in [0.2, 0.25) is 17.7 Å². The van der Waals surface area contributed by atoms with Gasteiger partial charge in [-0.3, -0.25) is 24.7 Å². The summed E-state index contributed by atoms with van der Waals surface area (Å²) < 4.78 is 2.00. The van der Waals surface area contributed by atoms with Crippen molar-refractivity contribution in [1.82, 2.24) is 15.2 Å². The second-order valence-electron chi connectivity index (χ2n) is 9.80. The molecule has 0 spiro atoms. The average Bonchev–Trinajstić information content (AvgIpc) is 2.95. The van der Waals surface area contributed by atoms with Crippen LogP contribution in [0.3, 0.4) is 0 Å². The maximum Gasteiger partial charge on any atom is 0.226 e. The highest BCUT2D eigenvalue weighted by atomic mass is 79.9. The summed E-state index contributed by atoms with van der Waals surface area (Å²) in [5.74, 6) is -0.276. The largest absolute Gasteiger partial charge is 0.343 e. The average molecular weight is 624 g/mol. The number of benzene rings is 1. The van der Waals surface area contributed by atoms with E-state index in [1.54, 1.807) is 0 Å². The van der Waals surface area contributed by atoms with Gasteiger partial charge in [0.15, 0.2) is 0 Å². The number of hydrogen-bond acceptors (Lipinski definition) is 4. The third-order valence-corrected chi connectivity index (χ3v) is 8.78. The molecule has 5 rings (SSSR count). The van der Waals surface area contributed by atoms with E-state index in [2.05, 4.69) is 49.3 Å². The van der Waals surface area contributed by atoms with Crippen molar-refractivity contribution >= 4 is 61.2 Å². The van der Waals surface area contributed by atoms with Crippen LogP contribution in [0.15, 0.2) is 33.3 Å². The normalized spacial score (nSPS) is 21.2. The molecule has 2 saturated heterocycles. The maximum atomic E-state index is 13.0. The molecule has 1 N–H and O–H groups in total. The van der Waals surface area contributed by atoms with Crippen molar-refractivity contribution < 1.29 is 14.4 Å². The predicted molar refractivity (Wildman–Crippen MR) is 140 cm³/mol.